The van der Waals surface area contributed by atoms with Gasteiger partial charge in [0.15, 0.2) is 5.16 Å². The van der Waals surface area contributed by atoms with Crippen LogP contribution in [0, 0.1) is 0 Å². The van der Waals surface area contributed by atoms with Crippen molar-refractivity contribution in [2.24, 2.45) is 0 Å². The molecule has 0 radical (unpaired) electrons. The third-order valence-corrected chi connectivity index (χ3v) is 3.06. The van der Waals surface area contributed by atoms with E-state index in [1.807, 2.05) is 44.2 Å². The first-order valence-electron chi connectivity index (χ1n) is 5.15. The van der Waals surface area contributed by atoms with Crippen LogP contribution in [0.4, 0.5) is 0 Å². The minimum absolute atomic E-state index is 0.114. The summed E-state index contributed by atoms with van der Waals surface area (Å²) >= 11 is 0. The normalized spacial score (nSPS) is 11.9. The van der Waals surface area contributed by atoms with Crippen molar-refractivity contribution in [1.29, 1.82) is 0 Å². The first-order valence-corrected chi connectivity index (χ1v) is 6.06. The average molecular weight is 225 g/mol. The predicted octanol–water partition coefficient (Wildman–Crippen LogP) is 3.40. The van der Waals surface area contributed by atoms with Gasteiger partial charge in [0.2, 0.25) is 0 Å². The van der Waals surface area contributed by atoms with Gasteiger partial charge in [-0.15, -0.1) is 0 Å². The lowest BCUT2D eigenvalue weighted by Crippen LogP contribution is -2.13. The maximum Gasteiger partial charge on any atom is 0.330 e. The van der Waals surface area contributed by atoms with E-state index in [0.717, 1.165) is 6.42 Å². The second-order valence-electron chi connectivity index (χ2n) is 4.27. The fraction of sp³-hybridized carbons (Fsp3) is 0.500. The van der Waals surface area contributed by atoms with E-state index in [2.05, 4.69) is 0 Å². The highest BCUT2D eigenvalue weighted by Gasteiger charge is 2.25. The molecule has 0 aliphatic rings. The van der Waals surface area contributed by atoms with Gasteiger partial charge in [0.25, 0.3) is 0 Å². The summed E-state index contributed by atoms with van der Waals surface area (Å²) in [5.74, 6) is 0. The van der Waals surface area contributed by atoms with E-state index >= 15 is 0 Å². The van der Waals surface area contributed by atoms with Crippen LogP contribution in [0.1, 0.15) is 25.8 Å². The molecule has 0 fully saturated rings. The van der Waals surface area contributed by atoms with Crippen molar-refractivity contribution in [3.8, 4) is 0 Å². The SMILES string of the molecule is CC(C)(CCOCc1ccccc1)[PH+]=O. The van der Waals surface area contributed by atoms with Crippen LogP contribution in [0.5, 0.6) is 0 Å². The van der Waals surface area contributed by atoms with E-state index in [9.17, 15) is 4.57 Å². The summed E-state index contributed by atoms with van der Waals surface area (Å²) in [5.41, 5.74) is 1.18. The van der Waals surface area contributed by atoms with Crippen molar-refractivity contribution in [1.82, 2.24) is 0 Å². The molecule has 0 spiro atoms. The molecule has 1 unspecified atom stereocenters. The Morgan fingerprint density at radius 3 is 2.53 bits per heavy atom. The molecule has 2 nitrogen and oxygen atoms in total. The second-order valence-corrected chi connectivity index (χ2v) is 5.83. The third kappa shape index (κ3) is 5.06. The van der Waals surface area contributed by atoms with Crippen LogP contribution in [-0.2, 0) is 15.9 Å². The molecule has 0 heterocycles. The van der Waals surface area contributed by atoms with Crippen molar-refractivity contribution in [2.75, 3.05) is 6.61 Å². The summed E-state index contributed by atoms with van der Waals surface area (Å²) < 4.78 is 16.3. The molecular formula is C12H18O2P+. The number of hydrogen-bond donors (Lipinski definition) is 0. The van der Waals surface area contributed by atoms with E-state index < -0.39 is 0 Å². The molecule has 0 bridgehead atoms. The largest absolute Gasteiger partial charge is 0.377 e. The van der Waals surface area contributed by atoms with Crippen LogP contribution >= 0.6 is 8.46 Å². The van der Waals surface area contributed by atoms with E-state index in [0.29, 0.717) is 13.2 Å². The summed E-state index contributed by atoms with van der Waals surface area (Å²) in [6.07, 6.45) is 0.835. The first-order chi connectivity index (χ1) is 7.14. The minimum atomic E-state index is -0.268. The molecule has 0 amide bonds. The van der Waals surface area contributed by atoms with Gasteiger partial charge in [0, 0.05) is 6.42 Å². The summed E-state index contributed by atoms with van der Waals surface area (Å²) in [4.78, 5) is 0. The van der Waals surface area contributed by atoms with Gasteiger partial charge < -0.3 is 4.74 Å². The maximum absolute atomic E-state index is 10.8. The van der Waals surface area contributed by atoms with E-state index in [1.165, 1.54) is 5.56 Å². The molecule has 1 atom stereocenters. The van der Waals surface area contributed by atoms with Crippen molar-refractivity contribution in [3.63, 3.8) is 0 Å². The zero-order chi connectivity index (χ0) is 11.1. The number of hydrogen-bond acceptors (Lipinski definition) is 2. The summed E-state index contributed by atoms with van der Waals surface area (Å²) in [6.45, 7) is 5.28. The molecule has 0 N–H and O–H groups in total. The number of ether oxygens (including phenoxy) is 1. The third-order valence-electron chi connectivity index (χ3n) is 2.26. The van der Waals surface area contributed by atoms with Crippen molar-refractivity contribution >= 4 is 8.46 Å². The van der Waals surface area contributed by atoms with Gasteiger partial charge in [-0.05, 0) is 19.4 Å². The predicted molar refractivity (Wildman–Crippen MR) is 63.8 cm³/mol. The molecule has 15 heavy (non-hydrogen) atoms. The van der Waals surface area contributed by atoms with E-state index in [-0.39, 0.29) is 13.6 Å². The Bertz CT molecular complexity index is 296. The molecule has 0 aliphatic carbocycles. The van der Waals surface area contributed by atoms with E-state index in [4.69, 9.17) is 4.74 Å². The molecule has 0 aromatic heterocycles. The van der Waals surface area contributed by atoms with Crippen LogP contribution in [0.25, 0.3) is 0 Å². The highest BCUT2D eigenvalue weighted by Crippen LogP contribution is 2.25. The molecule has 0 aliphatic heterocycles. The van der Waals surface area contributed by atoms with Gasteiger partial charge in [-0.1, -0.05) is 34.9 Å². The maximum atomic E-state index is 10.8. The first kappa shape index (κ1) is 12.4. The van der Waals surface area contributed by atoms with Gasteiger partial charge in [-0.25, -0.2) is 0 Å². The Labute approximate surface area is 92.9 Å². The van der Waals surface area contributed by atoms with E-state index in [1.54, 1.807) is 0 Å². The Hall–Kier alpha value is -0.720. The Balaban J connectivity index is 2.20. The van der Waals surface area contributed by atoms with Crippen molar-refractivity contribution in [2.45, 2.75) is 32.0 Å². The van der Waals surface area contributed by atoms with Crippen LogP contribution < -0.4 is 0 Å². The fourth-order valence-electron chi connectivity index (χ4n) is 1.14. The van der Waals surface area contributed by atoms with Gasteiger partial charge in [0.1, 0.15) is 0 Å². The Kier molecular flexibility index (Phi) is 4.93. The zero-order valence-electron chi connectivity index (χ0n) is 9.32. The zero-order valence-corrected chi connectivity index (χ0v) is 10.3. The summed E-state index contributed by atoms with van der Waals surface area (Å²) in [7, 11) is -0.268. The molecule has 0 saturated carbocycles. The van der Waals surface area contributed by atoms with Crippen molar-refractivity contribution in [3.05, 3.63) is 35.9 Å². The lowest BCUT2D eigenvalue weighted by molar-refractivity contribution is 0.113. The molecule has 0 saturated heterocycles. The standard InChI is InChI=1S/C12H17O2P/c1-12(2,15-13)8-9-14-10-11-6-4-3-5-7-11/h3-7H,8-10H2,1-2H3/p+1. The van der Waals surface area contributed by atoms with Crippen LogP contribution in [0.3, 0.4) is 0 Å². The lowest BCUT2D eigenvalue weighted by Gasteiger charge is -2.09. The highest BCUT2D eigenvalue weighted by molar-refractivity contribution is 7.25. The number of benzene rings is 1. The molecule has 1 rings (SSSR count). The smallest absolute Gasteiger partial charge is 0.330 e. The summed E-state index contributed by atoms with van der Waals surface area (Å²) in [6, 6.07) is 10.1. The van der Waals surface area contributed by atoms with Crippen molar-refractivity contribution < 1.29 is 9.30 Å². The molecule has 3 heteroatoms. The fourth-order valence-corrected chi connectivity index (χ4v) is 1.35. The summed E-state index contributed by atoms with van der Waals surface area (Å²) in [5, 5.41) is -0.114. The van der Waals surface area contributed by atoms with Gasteiger partial charge in [0.05, 0.1) is 13.2 Å². The minimum Gasteiger partial charge on any atom is -0.377 e. The number of rotatable bonds is 6. The Morgan fingerprint density at radius 1 is 1.27 bits per heavy atom. The molecular weight excluding hydrogens is 207 g/mol. The lowest BCUT2D eigenvalue weighted by atomic mass is 10.1. The molecule has 1 aromatic carbocycles. The quantitative estimate of drug-likeness (QED) is 0.548. The highest BCUT2D eigenvalue weighted by atomic mass is 31.1. The topological polar surface area (TPSA) is 26.3 Å². The van der Waals surface area contributed by atoms with Gasteiger partial charge in [-0.2, -0.15) is 0 Å². The second kappa shape index (κ2) is 5.99. The van der Waals surface area contributed by atoms with Crippen LogP contribution in [-0.4, -0.2) is 11.8 Å². The Morgan fingerprint density at radius 2 is 1.93 bits per heavy atom. The van der Waals surface area contributed by atoms with Gasteiger partial charge in [-0.3, -0.25) is 0 Å². The molecule has 1 aromatic rings. The molecule has 82 valence electrons. The van der Waals surface area contributed by atoms with Gasteiger partial charge >= 0.3 is 8.46 Å². The average Bonchev–Trinajstić information content (AvgIpc) is 2.26. The van der Waals surface area contributed by atoms with Crippen LogP contribution in [0.2, 0.25) is 0 Å². The van der Waals surface area contributed by atoms with Crippen LogP contribution in [0.15, 0.2) is 30.3 Å². The monoisotopic (exact) mass is 225 g/mol.